The third kappa shape index (κ3) is 16.3. The van der Waals surface area contributed by atoms with E-state index in [0.29, 0.717) is 52.1 Å². The van der Waals surface area contributed by atoms with E-state index in [4.69, 9.17) is 0 Å². The molecule has 4 N–H and O–H groups in total. The number of hydrogen-bond donors (Lipinski definition) is 4. The van der Waals surface area contributed by atoms with Crippen molar-refractivity contribution >= 4 is 57.0 Å². The fourth-order valence-corrected chi connectivity index (χ4v) is 10.8. The first-order chi connectivity index (χ1) is 36.2. The van der Waals surface area contributed by atoms with Crippen LogP contribution in [0.3, 0.4) is 0 Å². The summed E-state index contributed by atoms with van der Waals surface area (Å²) in [6.45, 7) is 18.3. The number of carbonyl (C=O) groups excluding carboxylic acids is 6. The lowest BCUT2D eigenvalue weighted by Gasteiger charge is -2.37. The summed E-state index contributed by atoms with van der Waals surface area (Å²) in [5.41, 5.74) is 1.04. The maximum Gasteiger partial charge on any atom is 0.246 e. The fraction of sp³-hybridized carbons (Fsp3) is 0.581. The average Bonchev–Trinajstić information content (AvgIpc) is 4.07. The summed E-state index contributed by atoms with van der Waals surface area (Å²) in [5.74, 6) is -0.524. The molecule has 2 heterocycles. The van der Waals surface area contributed by atoms with Gasteiger partial charge in [-0.15, -0.1) is 0 Å². The van der Waals surface area contributed by atoms with E-state index in [9.17, 15) is 28.8 Å². The van der Waals surface area contributed by atoms with Gasteiger partial charge in [0, 0.05) is 64.2 Å². The molecule has 0 radical (unpaired) electrons. The van der Waals surface area contributed by atoms with Crippen molar-refractivity contribution in [3.8, 4) is 0 Å². The van der Waals surface area contributed by atoms with Crippen LogP contribution in [0.15, 0.2) is 84.9 Å². The van der Waals surface area contributed by atoms with Crippen LogP contribution in [-0.4, -0.2) is 132 Å². The molecule has 2 saturated heterocycles. The lowest BCUT2D eigenvalue weighted by Crippen LogP contribution is -2.59. The predicted octanol–water partition coefficient (Wildman–Crippen LogP) is 8.73. The molecule has 0 aromatic heterocycles. The zero-order valence-electron chi connectivity index (χ0n) is 47.5. The predicted molar refractivity (Wildman–Crippen MR) is 305 cm³/mol. The van der Waals surface area contributed by atoms with Gasteiger partial charge in [0.25, 0.3) is 0 Å². The van der Waals surface area contributed by atoms with Crippen LogP contribution in [-0.2, 0) is 41.9 Å². The highest BCUT2D eigenvalue weighted by Crippen LogP contribution is 2.30. The van der Waals surface area contributed by atoms with E-state index >= 15 is 0 Å². The number of rotatable bonds is 25. The molecule has 76 heavy (non-hydrogen) atoms. The van der Waals surface area contributed by atoms with Crippen LogP contribution >= 0.6 is 0 Å². The van der Waals surface area contributed by atoms with Crippen LogP contribution in [0.2, 0.25) is 0 Å². The molecule has 0 bridgehead atoms. The number of likely N-dealkylation sites (tertiary alicyclic amines) is 2. The Morgan fingerprint density at radius 2 is 0.882 bits per heavy atom. The second-order valence-corrected chi connectivity index (χ2v) is 23.8. The third-order valence-electron chi connectivity index (χ3n) is 15.7. The van der Waals surface area contributed by atoms with Crippen LogP contribution in [0.1, 0.15) is 144 Å². The highest BCUT2D eigenvalue weighted by molar-refractivity contribution is 5.92. The van der Waals surface area contributed by atoms with E-state index in [1.54, 1.807) is 27.9 Å². The first-order valence-electron chi connectivity index (χ1n) is 28.3. The Morgan fingerprint density at radius 3 is 1.24 bits per heavy atom. The van der Waals surface area contributed by atoms with E-state index in [0.717, 1.165) is 96.9 Å². The summed E-state index contributed by atoms with van der Waals surface area (Å²) in [5, 5.41) is 16.5. The van der Waals surface area contributed by atoms with E-state index < -0.39 is 35.0 Å². The molecular weight excluding hydrogens is 953 g/mol. The molecule has 4 aromatic rings. The molecule has 4 aromatic carbocycles. The Hall–Kier alpha value is -5.86. The second kappa shape index (κ2) is 27.5. The van der Waals surface area contributed by atoms with Crippen LogP contribution < -0.4 is 21.3 Å². The monoisotopic (exact) mass is 1040 g/mol. The van der Waals surface area contributed by atoms with Crippen molar-refractivity contribution in [2.24, 2.45) is 10.8 Å². The number of likely N-dealkylation sites (N-methyl/N-ethyl adjacent to an activating group) is 2. The van der Waals surface area contributed by atoms with Crippen LogP contribution in [0.5, 0.6) is 0 Å². The van der Waals surface area contributed by atoms with Gasteiger partial charge in [-0.1, -0.05) is 140 Å². The lowest BCUT2D eigenvalue weighted by molar-refractivity contribution is -0.142. The molecule has 0 saturated carbocycles. The number of amides is 6. The Morgan fingerprint density at radius 1 is 0.526 bits per heavy atom. The van der Waals surface area contributed by atoms with Crippen molar-refractivity contribution in [3.63, 3.8) is 0 Å². The van der Waals surface area contributed by atoms with Gasteiger partial charge in [0.1, 0.15) is 12.1 Å². The summed E-state index contributed by atoms with van der Waals surface area (Å²) < 4.78 is 0. The van der Waals surface area contributed by atoms with Gasteiger partial charge in [-0.05, 0) is 122 Å². The van der Waals surface area contributed by atoms with Gasteiger partial charge < -0.3 is 40.9 Å². The number of unbranched alkanes of at least 4 members (excludes halogenated alkanes) is 5. The highest BCUT2D eigenvalue weighted by atomic mass is 16.2. The Kier molecular flexibility index (Phi) is 21.5. The largest absolute Gasteiger partial charge is 0.342 e. The molecule has 0 aliphatic carbocycles. The van der Waals surface area contributed by atoms with Gasteiger partial charge in [0.05, 0.1) is 12.1 Å². The minimum absolute atomic E-state index is 0.0673. The number of fused-ring (bicyclic) bond motifs is 2. The number of hydrogen-bond acceptors (Lipinski definition) is 8. The van der Waals surface area contributed by atoms with Gasteiger partial charge in [0.15, 0.2) is 0 Å². The number of benzene rings is 4. The zero-order chi connectivity index (χ0) is 55.2. The van der Waals surface area contributed by atoms with Crippen molar-refractivity contribution in [1.82, 2.24) is 40.9 Å². The van der Waals surface area contributed by atoms with Crippen molar-refractivity contribution in [1.29, 1.82) is 0 Å². The molecule has 14 heteroatoms. The summed E-state index contributed by atoms with van der Waals surface area (Å²) >= 11 is 0. The van der Waals surface area contributed by atoms with Gasteiger partial charge in [-0.3, -0.25) is 28.8 Å². The number of nitrogens with one attached hydrogen (secondary N) is 4. The lowest BCUT2D eigenvalue weighted by atomic mass is 9.85. The molecule has 2 fully saturated rings. The Bertz CT molecular complexity index is 2430. The molecule has 2 aliphatic rings. The van der Waals surface area contributed by atoms with Gasteiger partial charge in [-0.2, -0.15) is 0 Å². The summed E-state index contributed by atoms with van der Waals surface area (Å²) in [6, 6.07) is 26.5. The normalized spacial score (nSPS) is 17.6. The molecule has 2 aliphatic heterocycles. The summed E-state index contributed by atoms with van der Waals surface area (Å²) in [4.78, 5) is 91.1. The number of carbonyl (C=O) groups is 6. The molecule has 6 amide bonds. The van der Waals surface area contributed by atoms with E-state index in [1.807, 2.05) is 85.4 Å². The van der Waals surface area contributed by atoms with E-state index in [-0.39, 0.29) is 47.5 Å². The van der Waals surface area contributed by atoms with Crippen molar-refractivity contribution < 1.29 is 28.8 Å². The van der Waals surface area contributed by atoms with Crippen LogP contribution in [0.4, 0.5) is 0 Å². The maximum atomic E-state index is 14.4. The van der Waals surface area contributed by atoms with Gasteiger partial charge in [0.2, 0.25) is 35.4 Å². The SMILES string of the molecule is CN[C@@H](C)C(=O)N[C@H](C(=O)N1CCC[C@@H]1CN(Cc1ccc2ccccc2c1)C(=O)CCCCCCCCC(=O)N(Cc1ccc2ccccc2c1)C[C@@H]1CCCN1C(=O)[C@@H](NC(=O)[C@H](C)NC)C(C)(C)C)C(C)(C)C. The van der Waals surface area contributed by atoms with Crippen LogP contribution in [0, 0.1) is 10.8 Å². The minimum atomic E-state index is -0.713. The van der Waals surface area contributed by atoms with Gasteiger partial charge in [-0.25, -0.2) is 0 Å². The highest BCUT2D eigenvalue weighted by Gasteiger charge is 2.42. The summed E-state index contributed by atoms with van der Waals surface area (Å²) in [6.07, 6.45) is 9.18. The maximum absolute atomic E-state index is 14.4. The van der Waals surface area contributed by atoms with Crippen molar-refractivity contribution in [2.75, 3.05) is 40.3 Å². The Balaban J connectivity index is 1.05. The quantitative estimate of drug-likeness (QED) is 0.0479. The molecule has 0 unspecified atom stereocenters. The zero-order valence-corrected chi connectivity index (χ0v) is 47.5. The molecular formula is C62H90N8O6. The van der Waals surface area contributed by atoms with Crippen molar-refractivity contribution in [3.05, 3.63) is 96.1 Å². The van der Waals surface area contributed by atoms with E-state index in [2.05, 4.69) is 81.9 Å². The standard InChI is InChI=1S/C62H90N8O6/c1-43(63-9)57(73)65-55(61(3,4)5)59(75)69-35-21-27-51(69)41-67(39-45-31-33-47-23-17-19-25-49(47)37-45)53(71)29-15-13-11-12-14-16-30-54(72)68(40-46-32-34-48-24-18-20-26-50(48)38-46)42-52-28-22-36-70(52)60(76)56(62(6,7)8)66-58(74)44(2)64-10/h17-20,23-26,31-34,37-38,43-44,51-52,55-56,63-64H,11-16,21-22,27-30,35-36,39-42H2,1-10H3,(H,65,73)(H,66,74)/t43-,44-,51-,52+,55+,56+/m0/s1. The first-order valence-corrected chi connectivity index (χ1v) is 28.3. The van der Waals surface area contributed by atoms with Crippen molar-refractivity contribution in [2.45, 2.75) is 182 Å². The first kappa shape index (κ1) is 59.4. The summed E-state index contributed by atoms with van der Waals surface area (Å²) in [7, 11) is 3.45. The number of nitrogens with zero attached hydrogens (tertiary/aromatic N) is 4. The molecule has 6 atom stereocenters. The molecule has 6 rings (SSSR count). The smallest absolute Gasteiger partial charge is 0.246 e. The molecule has 414 valence electrons. The fourth-order valence-electron chi connectivity index (χ4n) is 10.8. The topological polar surface area (TPSA) is 163 Å². The minimum Gasteiger partial charge on any atom is -0.342 e. The van der Waals surface area contributed by atoms with Gasteiger partial charge >= 0.3 is 0 Å². The second-order valence-electron chi connectivity index (χ2n) is 23.8. The average molecular weight is 1040 g/mol. The van der Waals surface area contributed by atoms with Crippen LogP contribution in [0.25, 0.3) is 21.5 Å². The van der Waals surface area contributed by atoms with E-state index in [1.165, 1.54) is 0 Å². The third-order valence-corrected chi connectivity index (χ3v) is 15.7. The Labute approximate surface area is 453 Å². The molecule has 0 spiro atoms. The molecule has 14 nitrogen and oxygen atoms in total.